The Hall–Kier alpha value is -2.70. The highest BCUT2D eigenvalue weighted by Crippen LogP contribution is 2.26. The van der Waals surface area contributed by atoms with Crippen LogP contribution in [0.5, 0.6) is 0 Å². The number of aromatic amines is 1. The molecule has 2 aromatic rings. The molecule has 30 heavy (non-hydrogen) atoms. The zero-order valence-electron chi connectivity index (χ0n) is 15.5. The van der Waals surface area contributed by atoms with Crippen molar-refractivity contribution in [2.45, 2.75) is 17.6 Å². The van der Waals surface area contributed by atoms with E-state index in [1.165, 1.54) is 28.6 Å². The molecule has 0 spiro atoms. The maximum Gasteiger partial charge on any atom is 0.431 e. The Kier molecular flexibility index (Phi) is 6.29. The van der Waals surface area contributed by atoms with Crippen molar-refractivity contribution in [3.8, 4) is 0 Å². The molecule has 1 aliphatic heterocycles. The second kappa shape index (κ2) is 8.58. The van der Waals surface area contributed by atoms with Gasteiger partial charge in [-0.15, -0.1) is 0 Å². The van der Waals surface area contributed by atoms with E-state index >= 15 is 0 Å². The molecule has 162 valence electrons. The van der Waals surface area contributed by atoms with Gasteiger partial charge in [0.25, 0.3) is 11.5 Å². The third kappa shape index (κ3) is 4.89. The lowest BCUT2D eigenvalue weighted by Crippen LogP contribution is -2.40. The molecular weight excluding hydrogens is 427 g/mol. The zero-order valence-corrected chi connectivity index (χ0v) is 16.3. The number of benzene rings is 1. The van der Waals surface area contributed by atoms with E-state index in [1.54, 1.807) is 4.98 Å². The molecule has 8 nitrogen and oxygen atoms in total. The number of aromatic nitrogens is 1. The summed E-state index contributed by atoms with van der Waals surface area (Å²) in [5.74, 6) is -0.852. The number of carbonyl (C=O) groups is 1. The van der Waals surface area contributed by atoms with Crippen LogP contribution in [0.4, 0.5) is 13.2 Å². The van der Waals surface area contributed by atoms with Gasteiger partial charge in [-0.1, -0.05) is 12.1 Å². The molecule has 1 aromatic carbocycles. The summed E-state index contributed by atoms with van der Waals surface area (Å²) in [5.41, 5.74) is -2.32. The van der Waals surface area contributed by atoms with Crippen molar-refractivity contribution >= 4 is 15.9 Å². The van der Waals surface area contributed by atoms with E-state index in [4.69, 9.17) is 4.74 Å². The number of halogens is 3. The molecule has 12 heteroatoms. The number of hydrogen-bond donors (Lipinski definition) is 2. The molecule has 1 saturated heterocycles. The lowest BCUT2D eigenvalue weighted by atomic mass is 10.2. The fourth-order valence-electron chi connectivity index (χ4n) is 2.81. The first-order valence-corrected chi connectivity index (χ1v) is 10.3. The molecule has 2 N–H and O–H groups in total. The standard InChI is InChI=1S/C18H18F3N3O5S/c19-18(20,21)15-6-5-14(17(26)23-15)16(25)22-11-12-1-3-13(4-2-12)30(27,28)24-7-9-29-10-8-24/h1-6H,7-11H2,(H,22,25)(H,23,26). The SMILES string of the molecule is O=C(NCc1ccc(S(=O)(=O)N2CCOCC2)cc1)c1ccc(C(F)(F)F)[nH]c1=O. The number of nitrogens with zero attached hydrogens (tertiary/aromatic N) is 1. The lowest BCUT2D eigenvalue weighted by molar-refractivity contribution is -0.141. The van der Waals surface area contributed by atoms with Crippen LogP contribution in [0.1, 0.15) is 21.6 Å². The summed E-state index contributed by atoms with van der Waals surface area (Å²) in [6.45, 7) is 1.14. The second-order valence-corrected chi connectivity index (χ2v) is 8.39. The number of hydrogen-bond acceptors (Lipinski definition) is 5. The van der Waals surface area contributed by atoms with Crippen molar-refractivity contribution in [3.05, 3.63) is 63.6 Å². The molecule has 0 aliphatic carbocycles. The van der Waals surface area contributed by atoms with Crippen molar-refractivity contribution in [1.82, 2.24) is 14.6 Å². The van der Waals surface area contributed by atoms with Crippen molar-refractivity contribution < 1.29 is 31.1 Å². The van der Waals surface area contributed by atoms with E-state index < -0.39 is 38.9 Å². The smallest absolute Gasteiger partial charge is 0.379 e. The van der Waals surface area contributed by atoms with Crippen LogP contribution in [0, 0.1) is 0 Å². The summed E-state index contributed by atoms with van der Waals surface area (Å²) < 4.78 is 69.4. The molecule has 0 unspecified atom stereocenters. The van der Waals surface area contributed by atoms with Crippen LogP contribution in [0.2, 0.25) is 0 Å². The molecule has 0 radical (unpaired) electrons. The van der Waals surface area contributed by atoms with Gasteiger partial charge in [-0.25, -0.2) is 8.42 Å². The van der Waals surface area contributed by atoms with Crippen LogP contribution < -0.4 is 10.9 Å². The minimum Gasteiger partial charge on any atom is -0.379 e. The van der Waals surface area contributed by atoms with Gasteiger partial charge < -0.3 is 15.0 Å². The molecule has 2 heterocycles. The van der Waals surface area contributed by atoms with Gasteiger partial charge in [-0.05, 0) is 29.8 Å². The predicted octanol–water partition coefficient (Wildman–Crippen LogP) is 1.34. The molecule has 0 saturated carbocycles. The maximum absolute atomic E-state index is 12.6. The average molecular weight is 445 g/mol. The van der Waals surface area contributed by atoms with Crippen LogP contribution in [-0.2, 0) is 27.5 Å². The molecule has 3 rings (SSSR count). The van der Waals surface area contributed by atoms with Gasteiger partial charge in [0.1, 0.15) is 11.3 Å². The van der Waals surface area contributed by atoms with Gasteiger partial charge in [0.15, 0.2) is 0 Å². The number of morpholine rings is 1. The number of alkyl halides is 3. The molecule has 1 aliphatic rings. The number of carbonyl (C=O) groups excluding carboxylic acids is 1. The Bertz CT molecular complexity index is 1080. The van der Waals surface area contributed by atoms with E-state index in [1.807, 2.05) is 0 Å². The Morgan fingerprint density at radius 1 is 1.10 bits per heavy atom. The number of pyridine rings is 1. The minimum atomic E-state index is -4.72. The number of H-pyrrole nitrogens is 1. The number of nitrogens with one attached hydrogen (secondary N) is 2. The Labute approximate surface area is 169 Å². The van der Waals surface area contributed by atoms with Gasteiger partial charge >= 0.3 is 6.18 Å². The summed E-state index contributed by atoms with van der Waals surface area (Å²) in [5, 5.41) is 2.42. The fourth-order valence-corrected chi connectivity index (χ4v) is 4.22. The lowest BCUT2D eigenvalue weighted by Gasteiger charge is -2.26. The van der Waals surface area contributed by atoms with Crippen LogP contribution >= 0.6 is 0 Å². The van der Waals surface area contributed by atoms with Crippen molar-refractivity contribution in [3.63, 3.8) is 0 Å². The summed E-state index contributed by atoms with van der Waals surface area (Å²) in [6, 6.07) is 7.22. The van der Waals surface area contributed by atoms with Crippen molar-refractivity contribution in [1.29, 1.82) is 0 Å². The topological polar surface area (TPSA) is 109 Å². The minimum absolute atomic E-state index is 0.0445. The van der Waals surface area contributed by atoms with Gasteiger partial charge in [0.05, 0.1) is 18.1 Å². The van der Waals surface area contributed by atoms with Gasteiger partial charge in [-0.2, -0.15) is 17.5 Å². The number of ether oxygens (including phenoxy) is 1. The van der Waals surface area contributed by atoms with E-state index in [9.17, 15) is 31.2 Å². The first-order chi connectivity index (χ1) is 14.1. The van der Waals surface area contributed by atoms with Crippen LogP contribution in [-0.4, -0.2) is 49.9 Å². The van der Waals surface area contributed by atoms with Crippen LogP contribution in [0.3, 0.4) is 0 Å². The summed E-state index contributed by atoms with van der Waals surface area (Å²) in [6.07, 6.45) is -4.72. The van der Waals surface area contributed by atoms with E-state index in [0.29, 0.717) is 24.8 Å². The third-order valence-electron chi connectivity index (χ3n) is 4.44. The second-order valence-electron chi connectivity index (χ2n) is 6.46. The molecule has 0 atom stereocenters. The fraction of sp³-hybridized carbons (Fsp3) is 0.333. The number of sulfonamides is 1. The summed E-state index contributed by atoms with van der Waals surface area (Å²) >= 11 is 0. The van der Waals surface area contributed by atoms with E-state index in [-0.39, 0.29) is 24.5 Å². The highest BCUT2D eigenvalue weighted by molar-refractivity contribution is 7.89. The quantitative estimate of drug-likeness (QED) is 0.722. The maximum atomic E-state index is 12.6. The van der Waals surface area contributed by atoms with Crippen LogP contribution in [0.25, 0.3) is 0 Å². The van der Waals surface area contributed by atoms with Gasteiger partial charge in [-0.3, -0.25) is 9.59 Å². The zero-order chi connectivity index (χ0) is 21.9. The van der Waals surface area contributed by atoms with Gasteiger partial charge in [0.2, 0.25) is 10.0 Å². The number of rotatable bonds is 5. The van der Waals surface area contributed by atoms with Crippen molar-refractivity contribution in [2.75, 3.05) is 26.3 Å². The molecule has 1 fully saturated rings. The molecular formula is C18H18F3N3O5S. The highest BCUT2D eigenvalue weighted by atomic mass is 32.2. The molecule has 1 aromatic heterocycles. The Balaban J connectivity index is 1.65. The summed E-state index contributed by atoms with van der Waals surface area (Å²) in [7, 11) is -3.65. The first-order valence-electron chi connectivity index (χ1n) is 8.84. The Morgan fingerprint density at radius 2 is 1.73 bits per heavy atom. The van der Waals surface area contributed by atoms with E-state index in [2.05, 4.69) is 5.32 Å². The normalized spacial score (nSPS) is 15.7. The predicted molar refractivity (Wildman–Crippen MR) is 99.3 cm³/mol. The van der Waals surface area contributed by atoms with Crippen molar-refractivity contribution in [2.24, 2.45) is 0 Å². The average Bonchev–Trinajstić information content (AvgIpc) is 2.72. The van der Waals surface area contributed by atoms with Crippen LogP contribution in [0.15, 0.2) is 46.1 Å². The Morgan fingerprint density at radius 3 is 2.30 bits per heavy atom. The summed E-state index contributed by atoms with van der Waals surface area (Å²) in [4.78, 5) is 25.6. The molecule has 1 amide bonds. The highest BCUT2D eigenvalue weighted by Gasteiger charge is 2.32. The molecule has 0 bridgehead atoms. The first kappa shape index (κ1) is 22.0. The van der Waals surface area contributed by atoms with E-state index in [0.717, 1.165) is 6.07 Å². The van der Waals surface area contributed by atoms with Gasteiger partial charge in [0, 0.05) is 19.6 Å². The third-order valence-corrected chi connectivity index (χ3v) is 6.36. The monoisotopic (exact) mass is 445 g/mol. The largest absolute Gasteiger partial charge is 0.431 e. The number of amides is 1.